The van der Waals surface area contributed by atoms with Crippen LogP contribution in [0.15, 0.2) is 24.5 Å². The summed E-state index contributed by atoms with van der Waals surface area (Å²) in [5.74, 6) is 0.376. The molecule has 3 heterocycles. The van der Waals surface area contributed by atoms with E-state index in [2.05, 4.69) is 11.9 Å². The maximum absolute atomic E-state index is 13.1. The zero-order valence-electron chi connectivity index (χ0n) is 11.6. The van der Waals surface area contributed by atoms with Gasteiger partial charge in [-0.25, -0.2) is 9.37 Å². The van der Waals surface area contributed by atoms with Gasteiger partial charge in [-0.1, -0.05) is 6.92 Å². The van der Waals surface area contributed by atoms with Crippen LogP contribution in [0.2, 0.25) is 0 Å². The van der Waals surface area contributed by atoms with Gasteiger partial charge in [0.25, 0.3) is 0 Å². The average Bonchev–Trinajstić information content (AvgIpc) is 2.80. The van der Waals surface area contributed by atoms with E-state index in [1.54, 1.807) is 16.7 Å². The van der Waals surface area contributed by atoms with E-state index < -0.39 is 0 Å². The lowest BCUT2D eigenvalue weighted by molar-refractivity contribution is -0.132. The predicted octanol–water partition coefficient (Wildman–Crippen LogP) is 2.27. The Kier molecular flexibility index (Phi) is 3.42. The fourth-order valence-corrected chi connectivity index (χ4v) is 2.79. The van der Waals surface area contributed by atoms with Crippen molar-refractivity contribution in [2.24, 2.45) is 5.92 Å². The van der Waals surface area contributed by atoms with E-state index >= 15 is 0 Å². The lowest BCUT2D eigenvalue weighted by Crippen LogP contribution is -2.39. The summed E-state index contributed by atoms with van der Waals surface area (Å²) in [6.45, 7) is 3.85. The molecule has 1 fully saturated rings. The summed E-state index contributed by atoms with van der Waals surface area (Å²) in [7, 11) is 0. The summed E-state index contributed by atoms with van der Waals surface area (Å²) >= 11 is 0. The first-order chi connectivity index (χ1) is 9.61. The molecule has 0 aromatic carbocycles. The first-order valence-electron chi connectivity index (χ1n) is 7.03. The molecule has 106 valence electrons. The topological polar surface area (TPSA) is 37.6 Å². The number of amides is 1. The van der Waals surface area contributed by atoms with E-state index in [-0.39, 0.29) is 18.1 Å². The second-order valence-corrected chi connectivity index (χ2v) is 5.61. The van der Waals surface area contributed by atoms with Gasteiger partial charge in [-0.05, 0) is 30.9 Å². The number of pyridine rings is 1. The Morgan fingerprint density at radius 2 is 2.30 bits per heavy atom. The summed E-state index contributed by atoms with van der Waals surface area (Å²) in [5.41, 5.74) is 1.36. The molecule has 0 aliphatic carbocycles. The number of carbonyl (C=O) groups excluding carboxylic acids is 1. The van der Waals surface area contributed by atoms with Crippen LogP contribution in [0.5, 0.6) is 0 Å². The van der Waals surface area contributed by atoms with Crippen molar-refractivity contribution in [3.8, 4) is 0 Å². The average molecular weight is 275 g/mol. The third kappa shape index (κ3) is 2.66. The van der Waals surface area contributed by atoms with Gasteiger partial charge in [0.05, 0.1) is 12.1 Å². The molecule has 0 radical (unpaired) electrons. The van der Waals surface area contributed by atoms with Crippen LogP contribution in [0.25, 0.3) is 5.65 Å². The zero-order valence-corrected chi connectivity index (χ0v) is 11.6. The number of imidazole rings is 1. The Labute approximate surface area is 117 Å². The Morgan fingerprint density at radius 3 is 3.10 bits per heavy atom. The van der Waals surface area contributed by atoms with Crippen molar-refractivity contribution in [2.45, 2.75) is 26.2 Å². The Bertz CT molecular complexity index is 637. The molecule has 2 aromatic heterocycles. The van der Waals surface area contributed by atoms with Gasteiger partial charge < -0.3 is 9.30 Å². The highest BCUT2D eigenvalue weighted by Gasteiger charge is 2.21. The molecule has 1 aliphatic heterocycles. The summed E-state index contributed by atoms with van der Waals surface area (Å²) in [6.07, 6.45) is 5.65. The number of rotatable bonds is 2. The molecule has 0 spiro atoms. The molecule has 2 aromatic rings. The Hall–Kier alpha value is -1.91. The van der Waals surface area contributed by atoms with Crippen LogP contribution < -0.4 is 0 Å². The van der Waals surface area contributed by atoms with Crippen LogP contribution in [0.1, 0.15) is 25.5 Å². The number of hydrogen-bond acceptors (Lipinski definition) is 2. The van der Waals surface area contributed by atoms with E-state index in [4.69, 9.17) is 0 Å². The van der Waals surface area contributed by atoms with Crippen molar-refractivity contribution in [3.63, 3.8) is 0 Å². The minimum absolute atomic E-state index is 0.112. The van der Waals surface area contributed by atoms with Gasteiger partial charge >= 0.3 is 0 Å². The van der Waals surface area contributed by atoms with Gasteiger partial charge in [-0.15, -0.1) is 0 Å². The fourth-order valence-electron chi connectivity index (χ4n) is 2.79. The molecular weight excluding hydrogens is 257 g/mol. The summed E-state index contributed by atoms with van der Waals surface area (Å²) in [4.78, 5) is 18.5. The van der Waals surface area contributed by atoms with Crippen molar-refractivity contribution in [2.75, 3.05) is 13.1 Å². The first kappa shape index (κ1) is 13.1. The molecule has 3 rings (SSSR count). The van der Waals surface area contributed by atoms with Crippen LogP contribution >= 0.6 is 0 Å². The largest absolute Gasteiger partial charge is 0.342 e. The van der Waals surface area contributed by atoms with Gasteiger partial charge in [0.2, 0.25) is 5.91 Å². The molecule has 1 saturated heterocycles. The lowest BCUT2D eigenvalue weighted by Gasteiger charge is -2.30. The van der Waals surface area contributed by atoms with Crippen LogP contribution in [0, 0.1) is 11.7 Å². The highest BCUT2D eigenvalue weighted by molar-refractivity contribution is 5.78. The van der Waals surface area contributed by atoms with Gasteiger partial charge in [0.15, 0.2) is 0 Å². The SMILES string of the molecule is CC1CCCN(C(=O)Cc2cn3cc(F)ccc3n2)C1. The standard InChI is InChI=1S/C15H18FN3O/c1-11-3-2-6-18(8-11)15(20)7-13-10-19-9-12(16)4-5-14(19)17-13/h4-5,9-11H,2-3,6-8H2,1H3. The molecule has 1 amide bonds. The third-order valence-electron chi connectivity index (χ3n) is 3.81. The number of hydrogen-bond donors (Lipinski definition) is 0. The van der Waals surface area contributed by atoms with Gasteiger partial charge in [0.1, 0.15) is 11.5 Å². The minimum atomic E-state index is -0.308. The maximum Gasteiger partial charge on any atom is 0.228 e. The van der Waals surface area contributed by atoms with Crippen molar-refractivity contribution in [1.29, 1.82) is 0 Å². The smallest absolute Gasteiger partial charge is 0.228 e. The Morgan fingerprint density at radius 1 is 1.45 bits per heavy atom. The van der Waals surface area contributed by atoms with Crippen LogP contribution in [0.4, 0.5) is 4.39 Å². The molecule has 0 N–H and O–H groups in total. The molecule has 0 saturated carbocycles. The molecule has 5 heteroatoms. The third-order valence-corrected chi connectivity index (χ3v) is 3.81. The highest BCUT2D eigenvalue weighted by atomic mass is 19.1. The maximum atomic E-state index is 13.1. The van der Waals surface area contributed by atoms with Crippen molar-refractivity contribution in [1.82, 2.24) is 14.3 Å². The number of nitrogens with zero attached hydrogens (tertiary/aromatic N) is 3. The summed E-state index contributed by atoms with van der Waals surface area (Å²) in [5, 5.41) is 0. The van der Waals surface area contributed by atoms with E-state index in [1.807, 2.05) is 4.90 Å². The van der Waals surface area contributed by atoms with Crippen LogP contribution in [-0.4, -0.2) is 33.3 Å². The van der Waals surface area contributed by atoms with E-state index in [0.29, 0.717) is 17.3 Å². The number of fused-ring (bicyclic) bond motifs is 1. The molecular formula is C15H18FN3O. The number of aromatic nitrogens is 2. The number of halogens is 1. The molecule has 20 heavy (non-hydrogen) atoms. The van der Waals surface area contributed by atoms with Crippen LogP contribution in [-0.2, 0) is 11.2 Å². The fraction of sp³-hybridized carbons (Fsp3) is 0.467. The minimum Gasteiger partial charge on any atom is -0.342 e. The van der Waals surface area contributed by atoms with Gasteiger partial charge in [0, 0.05) is 25.5 Å². The second-order valence-electron chi connectivity index (χ2n) is 5.61. The second kappa shape index (κ2) is 5.23. The molecule has 1 aliphatic rings. The van der Waals surface area contributed by atoms with E-state index in [0.717, 1.165) is 19.5 Å². The number of piperidine rings is 1. The molecule has 0 bridgehead atoms. The van der Waals surface area contributed by atoms with E-state index in [1.165, 1.54) is 18.7 Å². The Balaban J connectivity index is 1.73. The summed E-state index contributed by atoms with van der Waals surface area (Å²) in [6, 6.07) is 2.99. The highest BCUT2D eigenvalue weighted by Crippen LogP contribution is 2.16. The first-order valence-corrected chi connectivity index (χ1v) is 7.03. The van der Waals surface area contributed by atoms with E-state index in [9.17, 15) is 9.18 Å². The van der Waals surface area contributed by atoms with Crippen molar-refractivity contribution in [3.05, 3.63) is 36.0 Å². The predicted molar refractivity (Wildman–Crippen MR) is 73.8 cm³/mol. The molecule has 1 atom stereocenters. The van der Waals surface area contributed by atoms with Gasteiger partial charge in [-0.2, -0.15) is 0 Å². The molecule has 1 unspecified atom stereocenters. The molecule has 4 nitrogen and oxygen atoms in total. The monoisotopic (exact) mass is 275 g/mol. The number of likely N-dealkylation sites (tertiary alicyclic amines) is 1. The normalized spacial score (nSPS) is 19.5. The summed E-state index contributed by atoms with van der Waals surface area (Å²) < 4.78 is 14.7. The quantitative estimate of drug-likeness (QED) is 0.843. The number of carbonyl (C=O) groups is 1. The zero-order chi connectivity index (χ0) is 14.1. The van der Waals surface area contributed by atoms with Gasteiger partial charge in [-0.3, -0.25) is 4.79 Å². The van der Waals surface area contributed by atoms with Crippen molar-refractivity contribution >= 4 is 11.6 Å². The van der Waals surface area contributed by atoms with Crippen molar-refractivity contribution < 1.29 is 9.18 Å². The van der Waals surface area contributed by atoms with Crippen LogP contribution in [0.3, 0.4) is 0 Å². The lowest BCUT2D eigenvalue weighted by atomic mass is 10.00.